The molecule has 0 aliphatic rings. The Morgan fingerprint density at radius 3 is 1.95 bits per heavy atom. The first-order valence-corrected chi connectivity index (χ1v) is 7.10. The maximum Gasteiger partial charge on any atom is 0.141 e. The van der Waals surface area contributed by atoms with Crippen molar-refractivity contribution in [2.24, 2.45) is 11.3 Å². The standard InChI is InChI=1S/C18H28O/c1-12-9-10-15(11-13(12)2)18(7,8)14(3)16(19)17(4,5)6/h9-11,14H,1-8H3/t14-/m0/s1. The highest BCUT2D eigenvalue weighted by Gasteiger charge is 2.37. The van der Waals surface area contributed by atoms with Crippen molar-refractivity contribution in [1.29, 1.82) is 0 Å². The van der Waals surface area contributed by atoms with Crippen LogP contribution in [0.2, 0.25) is 0 Å². The minimum absolute atomic E-state index is 0.00889. The van der Waals surface area contributed by atoms with Crippen molar-refractivity contribution in [1.82, 2.24) is 0 Å². The van der Waals surface area contributed by atoms with Crippen molar-refractivity contribution in [3.8, 4) is 0 Å². The summed E-state index contributed by atoms with van der Waals surface area (Å²) in [6.45, 7) is 16.7. The minimum atomic E-state index is -0.281. The van der Waals surface area contributed by atoms with Crippen LogP contribution in [-0.2, 0) is 10.2 Å². The van der Waals surface area contributed by atoms with E-state index in [1.54, 1.807) is 0 Å². The number of carbonyl (C=O) groups excluding carboxylic acids is 1. The quantitative estimate of drug-likeness (QED) is 0.760. The van der Waals surface area contributed by atoms with Crippen LogP contribution in [0.15, 0.2) is 18.2 Å². The third kappa shape index (κ3) is 3.26. The second-order valence-corrected chi connectivity index (χ2v) is 7.36. The van der Waals surface area contributed by atoms with Crippen LogP contribution < -0.4 is 0 Å². The van der Waals surface area contributed by atoms with Crippen LogP contribution in [0.5, 0.6) is 0 Å². The molecule has 0 aliphatic heterocycles. The van der Waals surface area contributed by atoms with Gasteiger partial charge in [-0.25, -0.2) is 0 Å². The first-order chi connectivity index (χ1) is 8.48. The third-order valence-electron chi connectivity index (χ3n) is 4.47. The van der Waals surface area contributed by atoms with Crippen LogP contribution in [0.1, 0.15) is 58.2 Å². The normalized spacial score (nSPS) is 14.3. The SMILES string of the molecule is Cc1ccc(C(C)(C)[C@@H](C)C(=O)C(C)(C)C)cc1C. The molecule has 0 spiro atoms. The lowest BCUT2D eigenvalue weighted by molar-refractivity contribution is -0.131. The van der Waals surface area contributed by atoms with Gasteiger partial charge in [0.25, 0.3) is 0 Å². The van der Waals surface area contributed by atoms with Gasteiger partial charge in [-0.15, -0.1) is 0 Å². The number of hydrogen-bond donors (Lipinski definition) is 0. The molecule has 0 fully saturated rings. The minimum Gasteiger partial charge on any atom is -0.299 e. The number of aryl methyl sites for hydroxylation is 2. The third-order valence-corrected chi connectivity index (χ3v) is 4.47. The number of rotatable bonds is 3. The molecule has 1 aromatic rings. The number of Topliss-reactive ketones (excluding diaryl/α,β-unsaturated/α-hetero) is 1. The highest BCUT2D eigenvalue weighted by Crippen LogP contribution is 2.36. The van der Waals surface area contributed by atoms with Crippen LogP contribution in [0.25, 0.3) is 0 Å². The number of hydrogen-bond acceptors (Lipinski definition) is 1. The topological polar surface area (TPSA) is 17.1 Å². The maximum absolute atomic E-state index is 12.5. The first kappa shape index (κ1) is 15.9. The maximum atomic E-state index is 12.5. The van der Waals surface area contributed by atoms with Crippen molar-refractivity contribution in [3.05, 3.63) is 34.9 Å². The average Bonchev–Trinajstić information content (AvgIpc) is 2.29. The van der Waals surface area contributed by atoms with Gasteiger partial charge in [0.15, 0.2) is 0 Å². The molecule has 1 nitrogen and oxygen atoms in total. The zero-order valence-corrected chi connectivity index (χ0v) is 13.7. The molecule has 1 aromatic carbocycles. The summed E-state index contributed by atoms with van der Waals surface area (Å²) in [7, 11) is 0. The predicted molar refractivity (Wildman–Crippen MR) is 82.6 cm³/mol. The molecule has 106 valence electrons. The largest absolute Gasteiger partial charge is 0.299 e. The predicted octanol–water partition coefficient (Wildman–Crippen LogP) is 4.83. The molecule has 0 aliphatic carbocycles. The molecule has 0 N–H and O–H groups in total. The summed E-state index contributed by atoms with van der Waals surface area (Å²) in [6, 6.07) is 6.54. The van der Waals surface area contributed by atoms with Crippen molar-refractivity contribution in [2.45, 2.75) is 60.8 Å². The van der Waals surface area contributed by atoms with E-state index in [-0.39, 0.29) is 16.7 Å². The number of carbonyl (C=O) groups is 1. The highest BCUT2D eigenvalue weighted by atomic mass is 16.1. The van der Waals surface area contributed by atoms with E-state index in [1.165, 1.54) is 16.7 Å². The molecule has 0 heterocycles. The lowest BCUT2D eigenvalue weighted by Gasteiger charge is -2.35. The van der Waals surface area contributed by atoms with Gasteiger partial charge in [-0.05, 0) is 36.0 Å². The second-order valence-electron chi connectivity index (χ2n) is 7.36. The number of ketones is 1. The van der Waals surface area contributed by atoms with E-state index >= 15 is 0 Å². The Morgan fingerprint density at radius 2 is 1.53 bits per heavy atom. The van der Waals surface area contributed by atoms with Crippen molar-refractivity contribution < 1.29 is 4.79 Å². The van der Waals surface area contributed by atoms with Gasteiger partial charge in [-0.2, -0.15) is 0 Å². The fraction of sp³-hybridized carbons (Fsp3) is 0.611. The Morgan fingerprint density at radius 1 is 1.00 bits per heavy atom. The van der Waals surface area contributed by atoms with Crippen LogP contribution in [-0.4, -0.2) is 5.78 Å². The fourth-order valence-electron chi connectivity index (χ4n) is 2.37. The summed E-state index contributed by atoms with van der Waals surface area (Å²) in [6.07, 6.45) is 0. The summed E-state index contributed by atoms with van der Waals surface area (Å²) in [5.74, 6) is 0.338. The van der Waals surface area contributed by atoms with Gasteiger partial charge in [0, 0.05) is 11.3 Å². The van der Waals surface area contributed by atoms with E-state index < -0.39 is 0 Å². The van der Waals surface area contributed by atoms with Gasteiger partial charge in [0.2, 0.25) is 0 Å². The Balaban J connectivity index is 3.16. The summed E-state index contributed by atoms with van der Waals surface area (Å²) in [5, 5.41) is 0. The molecular formula is C18H28O. The Bertz CT molecular complexity index is 475. The molecular weight excluding hydrogens is 232 g/mol. The van der Waals surface area contributed by atoms with Crippen LogP contribution in [0.3, 0.4) is 0 Å². The van der Waals surface area contributed by atoms with Gasteiger partial charge in [0.1, 0.15) is 5.78 Å². The first-order valence-electron chi connectivity index (χ1n) is 7.10. The molecule has 1 atom stereocenters. The average molecular weight is 260 g/mol. The van der Waals surface area contributed by atoms with E-state index in [0.29, 0.717) is 5.78 Å². The van der Waals surface area contributed by atoms with Gasteiger partial charge in [-0.3, -0.25) is 4.79 Å². The number of benzene rings is 1. The van der Waals surface area contributed by atoms with Gasteiger partial charge < -0.3 is 0 Å². The smallest absolute Gasteiger partial charge is 0.141 e. The van der Waals surface area contributed by atoms with Crippen LogP contribution >= 0.6 is 0 Å². The van der Waals surface area contributed by atoms with E-state index in [1.807, 2.05) is 20.8 Å². The van der Waals surface area contributed by atoms with Crippen LogP contribution in [0, 0.1) is 25.2 Å². The monoisotopic (exact) mass is 260 g/mol. The van der Waals surface area contributed by atoms with Crippen LogP contribution in [0.4, 0.5) is 0 Å². The van der Waals surface area contributed by atoms with Crippen molar-refractivity contribution >= 4 is 5.78 Å². The van der Waals surface area contributed by atoms with E-state index in [2.05, 4.69) is 52.8 Å². The van der Waals surface area contributed by atoms with E-state index in [0.717, 1.165) is 0 Å². The van der Waals surface area contributed by atoms with E-state index in [4.69, 9.17) is 0 Å². The molecule has 1 rings (SSSR count). The molecule has 0 unspecified atom stereocenters. The Kier molecular flexibility index (Phi) is 4.29. The summed E-state index contributed by atoms with van der Waals surface area (Å²) < 4.78 is 0. The van der Waals surface area contributed by atoms with Gasteiger partial charge >= 0.3 is 0 Å². The van der Waals surface area contributed by atoms with E-state index in [9.17, 15) is 4.79 Å². The van der Waals surface area contributed by atoms with Gasteiger partial charge in [-0.1, -0.05) is 59.7 Å². The highest BCUT2D eigenvalue weighted by molar-refractivity contribution is 5.87. The zero-order chi connectivity index (χ0) is 15.0. The lowest BCUT2D eigenvalue weighted by Crippen LogP contribution is -2.38. The molecule has 0 aromatic heterocycles. The summed E-state index contributed by atoms with van der Waals surface area (Å²) in [4.78, 5) is 12.5. The fourth-order valence-corrected chi connectivity index (χ4v) is 2.37. The lowest BCUT2D eigenvalue weighted by atomic mass is 9.67. The molecule has 1 heteroatoms. The Labute approximate surface area is 118 Å². The Hall–Kier alpha value is -1.11. The summed E-state index contributed by atoms with van der Waals surface area (Å²) >= 11 is 0. The molecule has 0 saturated heterocycles. The van der Waals surface area contributed by atoms with Gasteiger partial charge in [0.05, 0.1) is 0 Å². The molecule has 0 bridgehead atoms. The molecule has 0 saturated carbocycles. The zero-order valence-electron chi connectivity index (χ0n) is 13.7. The van der Waals surface area contributed by atoms with Crippen molar-refractivity contribution in [3.63, 3.8) is 0 Å². The summed E-state index contributed by atoms with van der Waals surface area (Å²) in [5.41, 5.74) is 3.43. The second kappa shape index (κ2) is 5.11. The molecule has 0 radical (unpaired) electrons. The molecule has 19 heavy (non-hydrogen) atoms. The molecule has 0 amide bonds. The van der Waals surface area contributed by atoms with Crippen molar-refractivity contribution in [2.75, 3.05) is 0 Å².